The van der Waals surface area contributed by atoms with Gasteiger partial charge in [-0.15, -0.1) is 0 Å². The van der Waals surface area contributed by atoms with Crippen molar-refractivity contribution in [2.75, 3.05) is 6.54 Å². The third-order valence-corrected chi connectivity index (χ3v) is 4.14. The summed E-state index contributed by atoms with van der Waals surface area (Å²) in [6.45, 7) is 2.92. The van der Waals surface area contributed by atoms with Gasteiger partial charge in [0.1, 0.15) is 12.1 Å². The van der Waals surface area contributed by atoms with Crippen LogP contribution < -0.4 is 10.6 Å². The minimum Gasteiger partial charge on any atom is -0.481 e. The van der Waals surface area contributed by atoms with E-state index in [0.29, 0.717) is 19.3 Å². The van der Waals surface area contributed by atoms with Crippen LogP contribution in [0.4, 0.5) is 4.79 Å². The first kappa shape index (κ1) is 15.3. The molecule has 8 nitrogen and oxygen atoms in total. The summed E-state index contributed by atoms with van der Waals surface area (Å²) in [7, 11) is 0. The van der Waals surface area contributed by atoms with Crippen molar-refractivity contribution in [1.29, 1.82) is 0 Å². The van der Waals surface area contributed by atoms with Crippen molar-refractivity contribution in [3.63, 3.8) is 0 Å². The molecular weight excluding hydrogens is 278 g/mol. The minimum absolute atomic E-state index is 0.195. The zero-order valence-electron chi connectivity index (χ0n) is 12.0. The van der Waals surface area contributed by atoms with Gasteiger partial charge in [0, 0.05) is 6.04 Å². The van der Waals surface area contributed by atoms with Gasteiger partial charge < -0.3 is 15.3 Å². The Hall–Kier alpha value is -2.12. The van der Waals surface area contributed by atoms with E-state index >= 15 is 0 Å². The Morgan fingerprint density at radius 3 is 2.57 bits per heavy atom. The number of nitrogens with one attached hydrogen (secondary N) is 2. The highest BCUT2D eigenvalue weighted by Crippen LogP contribution is 2.26. The number of nitrogens with zero attached hydrogens (tertiary/aromatic N) is 1. The van der Waals surface area contributed by atoms with E-state index in [2.05, 4.69) is 10.6 Å². The largest absolute Gasteiger partial charge is 0.481 e. The van der Waals surface area contributed by atoms with Crippen LogP contribution in [0.1, 0.15) is 33.1 Å². The van der Waals surface area contributed by atoms with Crippen LogP contribution in [0, 0.1) is 5.92 Å². The molecule has 3 N–H and O–H groups in total. The number of imide groups is 1. The monoisotopic (exact) mass is 297 g/mol. The summed E-state index contributed by atoms with van der Waals surface area (Å²) in [4.78, 5) is 47.6. The van der Waals surface area contributed by atoms with Gasteiger partial charge in [0.05, 0.1) is 5.92 Å². The molecule has 1 saturated carbocycles. The molecule has 2 aliphatic rings. The SMILES string of the molecule is CC1(C)C(=O)NC(=O)CN1C(=O)NC1CCC(C(=O)O)C1. The number of amides is 4. The first-order valence-electron chi connectivity index (χ1n) is 6.87. The number of carboxylic acid groups (broad SMARTS) is 1. The van der Waals surface area contributed by atoms with Crippen molar-refractivity contribution in [3.05, 3.63) is 0 Å². The number of carbonyl (C=O) groups excluding carboxylic acids is 3. The number of aliphatic carboxylic acids is 1. The molecule has 1 saturated heterocycles. The van der Waals surface area contributed by atoms with Gasteiger partial charge in [-0.3, -0.25) is 19.7 Å². The van der Waals surface area contributed by atoms with Crippen molar-refractivity contribution in [2.45, 2.75) is 44.7 Å². The number of hydrogen-bond donors (Lipinski definition) is 3. The van der Waals surface area contributed by atoms with Crippen molar-refractivity contribution in [3.8, 4) is 0 Å². The number of carboxylic acids is 1. The molecule has 1 heterocycles. The predicted octanol–water partition coefficient (Wildman–Crippen LogP) is -0.314. The van der Waals surface area contributed by atoms with Gasteiger partial charge in [0.25, 0.3) is 5.91 Å². The quantitative estimate of drug-likeness (QED) is 0.604. The van der Waals surface area contributed by atoms with Gasteiger partial charge in [0.2, 0.25) is 5.91 Å². The molecule has 2 rings (SSSR count). The first-order chi connectivity index (χ1) is 9.71. The Morgan fingerprint density at radius 1 is 1.33 bits per heavy atom. The van der Waals surface area contributed by atoms with Crippen LogP contribution in [0.5, 0.6) is 0 Å². The van der Waals surface area contributed by atoms with Crippen LogP contribution in [0.15, 0.2) is 0 Å². The topological polar surface area (TPSA) is 116 Å². The van der Waals surface area contributed by atoms with Gasteiger partial charge >= 0.3 is 12.0 Å². The summed E-state index contributed by atoms with van der Waals surface area (Å²) in [5.74, 6) is -2.36. The molecule has 0 bridgehead atoms. The molecule has 8 heteroatoms. The smallest absolute Gasteiger partial charge is 0.318 e. The normalized spacial score (nSPS) is 28.2. The van der Waals surface area contributed by atoms with Crippen molar-refractivity contribution in [2.24, 2.45) is 5.92 Å². The Balaban J connectivity index is 2.01. The van der Waals surface area contributed by atoms with Crippen LogP contribution in [0.25, 0.3) is 0 Å². The van der Waals surface area contributed by atoms with Crippen LogP contribution in [0.2, 0.25) is 0 Å². The number of carbonyl (C=O) groups is 4. The minimum atomic E-state index is -1.12. The zero-order chi connectivity index (χ0) is 15.8. The van der Waals surface area contributed by atoms with Crippen LogP contribution in [0.3, 0.4) is 0 Å². The number of piperazine rings is 1. The lowest BCUT2D eigenvalue weighted by molar-refractivity contribution is -0.143. The van der Waals surface area contributed by atoms with Gasteiger partial charge in [-0.25, -0.2) is 4.79 Å². The second-order valence-electron chi connectivity index (χ2n) is 6.02. The molecule has 21 heavy (non-hydrogen) atoms. The Labute approximate surface area is 121 Å². The van der Waals surface area contributed by atoms with E-state index in [-0.39, 0.29) is 12.6 Å². The summed E-state index contributed by atoms with van der Waals surface area (Å²) in [5.41, 5.74) is -1.12. The molecule has 0 aromatic carbocycles. The highest BCUT2D eigenvalue weighted by Gasteiger charge is 2.44. The molecule has 0 radical (unpaired) electrons. The molecule has 2 unspecified atom stereocenters. The molecule has 4 amide bonds. The second-order valence-corrected chi connectivity index (χ2v) is 6.02. The highest BCUT2D eigenvalue weighted by atomic mass is 16.4. The zero-order valence-corrected chi connectivity index (χ0v) is 12.0. The fourth-order valence-corrected chi connectivity index (χ4v) is 2.70. The average Bonchev–Trinajstić information content (AvgIpc) is 2.82. The van der Waals surface area contributed by atoms with E-state index in [1.54, 1.807) is 13.8 Å². The van der Waals surface area contributed by atoms with Crippen LogP contribution in [-0.4, -0.2) is 51.9 Å². The summed E-state index contributed by atoms with van der Waals surface area (Å²) in [6.07, 6.45) is 1.47. The van der Waals surface area contributed by atoms with Crippen molar-refractivity contribution >= 4 is 23.8 Å². The van der Waals surface area contributed by atoms with Crippen molar-refractivity contribution in [1.82, 2.24) is 15.5 Å². The molecular formula is C13H19N3O5. The maximum Gasteiger partial charge on any atom is 0.318 e. The predicted molar refractivity (Wildman–Crippen MR) is 71.2 cm³/mol. The Morgan fingerprint density at radius 2 is 2.00 bits per heavy atom. The molecule has 116 valence electrons. The second kappa shape index (κ2) is 5.34. The number of urea groups is 1. The molecule has 1 aliphatic heterocycles. The van der Waals surface area contributed by atoms with E-state index in [0.717, 1.165) is 0 Å². The standard InChI is InChI=1S/C13H19N3O5/c1-13(2)11(20)15-9(17)6-16(13)12(21)14-8-4-3-7(5-8)10(18)19/h7-8H,3-6H2,1-2H3,(H,14,21)(H,18,19)(H,15,17,20). The summed E-state index contributed by atoms with van der Waals surface area (Å²) in [5, 5.41) is 13.9. The number of rotatable bonds is 2. The molecule has 0 spiro atoms. The summed E-state index contributed by atoms with van der Waals surface area (Å²) in [6, 6.07) is -0.756. The molecule has 2 fully saturated rings. The van der Waals surface area contributed by atoms with E-state index in [1.165, 1.54) is 4.90 Å². The third kappa shape index (κ3) is 2.98. The maximum absolute atomic E-state index is 12.3. The first-order valence-corrected chi connectivity index (χ1v) is 6.87. The van der Waals surface area contributed by atoms with E-state index in [9.17, 15) is 19.2 Å². The van der Waals surface area contributed by atoms with Gasteiger partial charge in [-0.1, -0.05) is 0 Å². The fraction of sp³-hybridized carbons (Fsp3) is 0.692. The molecule has 0 aromatic rings. The lowest BCUT2D eigenvalue weighted by Gasteiger charge is -2.40. The lowest BCUT2D eigenvalue weighted by atomic mass is 9.99. The Kier molecular flexibility index (Phi) is 3.89. The fourth-order valence-electron chi connectivity index (χ4n) is 2.70. The van der Waals surface area contributed by atoms with Gasteiger partial charge in [0.15, 0.2) is 0 Å². The molecule has 2 atom stereocenters. The molecule has 0 aromatic heterocycles. The van der Waals surface area contributed by atoms with Crippen LogP contribution in [-0.2, 0) is 14.4 Å². The van der Waals surface area contributed by atoms with E-state index in [4.69, 9.17) is 5.11 Å². The number of hydrogen-bond acceptors (Lipinski definition) is 4. The molecule has 1 aliphatic carbocycles. The van der Waals surface area contributed by atoms with E-state index < -0.39 is 35.3 Å². The summed E-state index contributed by atoms with van der Waals surface area (Å²) >= 11 is 0. The van der Waals surface area contributed by atoms with E-state index in [1.807, 2.05) is 0 Å². The lowest BCUT2D eigenvalue weighted by Crippen LogP contribution is -2.67. The average molecular weight is 297 g/mol. The van der Waals surface area contributed by atoms with Gasteiger partial charge in [-0.05, 0) is 33.1 Å². The third-order valence-electron chi connectivity index (χ3n) is 4.14. The van der Waals surface area contributed by atoms with Gasteiger partial charge in [-0.2, -0.15) is 0 Å². The Bertz CT molecular complexity index is 502. The summed E-state index contributed by atoms with van der Waals surface area (Å²) < 4.78 is 0. The van der Waals surface area contributed by atoms with Crippen LogP contribution >= 0.6 is 0 Å². The highest BCUT2D eigenvalue weighted by molar-refractivity contribution is 6.06. The van der Waals surface area contributed by atoms with Crippen molar-refractivity contribution < 1.29 is 24.3 Å². The maximum atomic E-state index is 12.3.